The minimum Gasteiger partial charge on any atom is -0.234 e. The summed E-state index contributed by atoms with van der Waals surface area (Å²) in [6.07, 6.45) is 5.30. The van der Waals surface area contributed by atoms with Gasteiger partial charge in [-0.25, -0.2) is 5.10 Å². The lowest BCUT2D eigenvalue weighted by Gasteiger charge is -2.12. The molecule has 2 rings (SSSR count). The molecule has 0 saturated heterocycles. The van der Waals surface area contributed by atoms with Crippen molar-refractivity contribution in [3.8, 4) is 0 Å². The van der Waals surface area contributed by atoms with E-state index in [1.807, 2.05) is 6.07 Å². The van der Waals surface area contributed by atoms with Gasteiger partial charge in [0.15, 0.2) is 0 Å². The van der Waals surface area contributed by atoms with Crippen LogP contribution in [0.15, 0.2) is 17.3 Å². The Labute approximate surface area is 139 Å². The molecule has 7 heteroatoms. The Balaban J connectivity index is 1.83. The molecule has 1 heterocycles. The van der Waals surface area contributed by atoms with Gasteiger partial charge in [-0.3, -0.25) is 0 Å². The zero-order valence-corrected chi connectivity index (χ0v) is 14.2. The Kier molecular flexibility index (Phi) is 6.80. The van der Waals surface area contributed by atoms with Crippen LogP contribution in [0.1, 0.15) is 37.3 Å². The highest BCUT2D eigenvalue weighted by Crippen LogP contribution is 2.30. The summed E-state index contributed by atoms with van der Waals surface area (Å²) < 4.78 is 0. The summed E-state index contributed by atoms with van der Waals surface area (Å²) in [5.74, 6) is 1.00. The van der Waals surface area contributed by atoms with E-state index in [9.17, 15) is 0 Å². The first kappa shape index (κ1) is 16.6. The molecule has 1 aromatic heterocycles. The number of tetrazole rings is 1. The Hall–Kier alpha value is -0.780. The van der Waals surface area contributed by atoms with E-state index >= 15 is 0 Å². The molecule has 0 spiro atoms. The smallest absolute Gasteiger partial charge is 0.206 e. The van der Waals surface area contributed by atoms with Gasteiger partial charge in [0.2, 0.25) is 5.16 Å². The van der Waals surface area contributed by atoms with Gasteiger partial charge in [0, 0.05) is 5.75 Å². The highest BCUT2D eigenvalue weighted by Gasteiger charge is 2.10. The molecule has 1 aromatic carbocycles. The van der Waals surface area contributed by atoms with Crippen molar-refractivity contribution in [3.05, 3.63) is 33.3 Å². The molecule has 4 nitrogen and oxygen atoms in total. The van der Waals surface area contributed by atoms with E-state index in [1.54, 1.807) is 11.8 Å². The van der Waals surface area contributed by atoms with E-state index in [4.69, 9.17) is 23.2 Å². The third-order valence-corrected chi connectivity index (χ3v) is 4.98. The second-order valence-corrected chi connectivity index (χ2v) is 6.63. The summed E-state index contributed by atoms with van der Waals surface area (Å²) in [6, 6.07) is 4.00. The molecule has 0 aliphatic heterocycles. The minimum absolute atomic E-state index is 0.650. The van der Waals surface area contributed by atoms with Crippen LogP contribution in [-0.4, -0.2) is 26.4 Å². The summed E-state index contributed by atoms with van der Waals surface area (Å²) in [5.41, 5.74) is 2.52. The number of unbranched alkanes of at least 4 members (excludes halogenated alkanes) is 1. The number of hydrogen-bond acceptors (Lipinski definition) is 4. The van der Waals surface area contributed by atoms with Gasteiger partial charge in [0.25, 0.3) is 0 Å². The molecule has 2 aromatic rings. The van der Waals surface area contributed by atoms with E-state index in [0.717, 1.165) is 48.0 Å². The minimum atomic E-state index is 0.650. The van der Waals surface area contributed by atoms with Crippen LogP contribution in [0.25, 0.3) is 0 Å². The Morgan fingerprint density at radius 3 is 2.76 bits per heavy atom. The number of nitrogens with zero attached hydrogens (tertiary/aromatic N) is 3. The predicted molar refractivity (Wildman–Crippen MR) is 88.3 cm³/mol. The van der Waals surface area contributed by atoms with Crippen molar-refractivity contribution in [1.29, 1.82) is 0 Å². The van der Waals surface area contributed by atoms with Gasteiger partial charge in [-0.1, -0.05) is 54.4 Å². The van der Waals surface area contributed by atoms with Gasteiger partial charge < -0.3 is 0 Å². The fraction of sp³-hybridized carbons (Fsp3) is 0.500. The highest BCUT2D eigenvalue weighted by atomic mass is 35.5. The molecular weight excluding hydrogens is 327 g/mol. The van der Waals surface area contributed by atoms with E-state index < -0.39 is 0 Å². The number of nitrogens with one attached hydrogen (secondary N) is 1. The van der Waals surface area contributed by atoms with Crippen molar-refractivity contribution in [2.45, 2.75) is 44.2 Å². The lowest BCUT2D eigenvalue weighted by Crippen LogP contribution is -1.97. The quantitative estimate of drug-likeness (QED) is 0.562. The van der Waals surface area contributed by atoms with E-state index in [0.29, 0.717) is 5.02 Å². The summed E-state index contributed by atoms with van der Waals surface area (Å²) in [4.78, 5) is 0. The topological polar surface area (TPSA) is 54.5 Å². The molecule has 0 aliphatic rings. The van der Waals surface area contributed by atoms with E-state index in [2.05, 4.69) is 33.6 Å². The number of H-pyrrole nitrogens is 1. The summed E-state index contributed by atoms with van der Waals surface area (Å²) >= 11 is 14.1. The van der Waals surface area contributed by atoms with E-state index in [1.165, 1.54) is 11.1 Å². The van der Waals surface area contributed by atoms with Crippen LogP contribution < -0.4 is 0 Å². The number of aromatic nitrogens is 4. The van der Waals surface area contributed by atoms with Crippen LogP contribution >= 0.6 is 35.0 Å². The molecule has 0 amide bonds. The molecule has 0 unspecified atom stereocenters. The fourth-order valence-corrected chi connectivity index (χ4v) is 3.38. The van der Waals surface area contributed by atoms with Crippen molar-refractivity contribution < 1.29 is 0 Å². The van der Waals surface area contributed by atoms with Crippen LogP contribution in [-0.2, 0) is 12.8 Å². The molecule has 21 heavy (non-hydrogen) atoms. The molecule has 0 bridgehead atoms. The zero-order chi connectivity index (χ0) is 15.1. The predicted octanol–water partition coefficient (Wildman–Crippen LogP) is 4.57. The van der Waals surface area contributed by atoms with Crippen LogP contribution in [0, 0.1) is 0 Å². The number of thioether (sulfide) groups is 1. The Morgan fingerprint density at radius 2 is 2.05 bits per heavy atom. The summed E-state index contributed by atoms with van der Waals surface area (Å²) in [6.45, 7) is 2.16. The first-order valence-corrected chi connectivity index (χ1v) is 8.78. The average molecular weight is 345 g/mol. The molecule has 0 saturated carbocycles. The molecule has 0 aliphatic carbocycles. The third kappa shape index (κ3) is 4.87. The van der Waals surface area contributed by atoms with Gasteiger partial charge in [-0.05, 0) is 53.3 Å². The Morgan fingerprint density at radius 1 is 1.19 bits per heavy atom. The lowest BCUT2D eigenvalue weighted by atomic mass is 9.99. The van der Waals surface area contributed by atoms with Crippen LogP contribution in [0.4, 0.5) is 0 Å². The number of hydrogen-bond donors (Lipinski definition) is 1. The van der Waals surface area contributed by atoms with Crippen molar-refractivity contribution in [1.82, 2.24) is 20.6 Å². The van der Waals surface area contributed by atoms with Gasteiger partial charge in [-0.15, -0.1) is 5.10 Å². The first-order valence-electron chi connectivity index (χ1n) is 7.04. The number of benzene rings is 1. The maximum absolute atomic E-state index is 6.32. The third-order valence-electron chi connectivity index (χ3n) is 3.20. The number of aromatic amines is 1. The van der Waals surface area contributed by atoms with Gasteiger partial charge in [0.05, 0.1) is 10.0 Å². The monoisotopic (exact) mass is 344 g/mol. The van der Waals surface area contributed by atoms with Crippen molar-refractivity contribution >= 4 is 35.0 Å². The van der Waals surface area contributed by atoms with Crippen molar-refractivity contribution in [2.75, 3.05) is 5.75 Å². The largest absolute Gasteiger partial charge is 0.234 e. The SMILES string of the molecule is CCCc1c(CCCCSc2nnn[nH]2)ccc(Cl)c1Cl. The van der Waals surface area contributed by atoms with Gasteiger partial charge in [0.1, 0.15) is 0 Å². The standard InChI is InChI=1S/C14H18Cl2N4S/c1-2-5-11-10(7-8-12(15)13(11)16)6-3-4-9-21-14-17-19-20-18-14/h7-8H,2-6,9H2,1H3,(H,17,18,19,20). The first-order chi connectivity index (χ1) is 10.2. The molecule has 1 N–H and O–H groups in total. The number of halogens is 2. The lowest BCUT2D eigenvalue weighted by molar-refractivity contribution is 0.785. The van der Waals surface area contributed by atoms with E-state index in [-0.39, 0.29) is 0 Å². The average Bonchev–Trinajstić information content (AvgIpc) is 2.99. The second kappa shape index (κ2) is 8.61. The maximum atomic E-state index is 6.32. The summed E-state index contributed by atoms with van der Waals surface area (Å²) in [7, 11) is 0. The molecule has 0 fully saturated rings. The van der Waals surface area contributed by atoms with Crippen molar-refractivity contribution in [2.24, 2.45) is 0 Å². The fourth-order valence-electron chi connectivity index (χ4n) is 2.19. The summed E-state index contributed by atoms with van der Waals surface area (Å²) in [5, 5.41) is 15.8. The zero-order valence-electron chi connectivity index (χ0n) is 11.9. The van der Waals surface area contributed by atoms with Crippen molar-refractivity contribution in [3.63, 3.8) is 0 Å². The molecule has 0 atom stereocenters. The molecule has 0 radical (unpaired) electrons. The van der Waals surface area contributed by atoms with Gasteiger partial charge >= 0.3 is 0 Å². The normalized spacial score (nSPS) is 11.0. The second-order valence-electron chi connectivity index (χ2n) is 4.76. The van der Waals surface area contributed by atoms with Crippen LogP contribution in [0.3, 0.4) is 0 Å². The molecule has 114 valence electrons. The van der Waals surface area contributed by atoms with Gasteiger partial charge in [-0.2, -0.15) is 0 Å². The van der Waals surface area contributed by atoms with Crippen LogP contribution in [0.2, 0.25) is 10.0 Å². The maximum Gasteiger partial charge on any atom is 0.206 e. The number of aryl methyl sites for hydroxylation is 1. The Bertz CT molecular complexity index is 560. The highest BCUT2D eigenvalue weighted by molar-refractivity contribution is 7.99. The van der Waals surface area contributed by atoms with Crippen LogP contribution in [0.5, 0.6) is 0 Å². The number of rotatable bonds is 8. The molecular formula is C14H18Cl2N4S.